The predicted molar refractivity (Wildman–Crippen MR) is 125 cm³/mol. The molecule has 0 spiro atoms. The van der Waals surface area contributed by atoms with Gasteiger partial charge < -0.3 is 25.5 Å². The Morgan fingerprint density at radius 1 is 1.15 bits per heavy atom. The highest BCUT2D eigenvalue weighted by Crippen LogP contribution is 2.26. The van der Waals surface area contributed by atoms with Gasteiger partial charge in [-0.15, -0.1) is 5.10 Å². The molecule has 1 unspecified atom stereocenters. The third-order valence-electron chi connectivity index (χ3n) is 6.06. The van der Waals surface area contributed by atoms with Crippen LogP contribution in [-0.2, 0) is 6.42 Å². The van der Waals surface area contributed by atoms with E-state index in [-0.39, 0.29) is 11.8 Å². The number of aliphatic hydroxyl groups excluding tert-OH is 1. The van der Waals surface area contributed by atoms with E-state index < -0.39 is 12.3 Å². The second kappa shape index (κ2) is 9.04. The number of pyridine rings is 1. The molecule has 1 aromatic carbocycles. The topological polar surface area (TPSA) is 126 Å². The first-order chi connectivity index (χ1) is 16.1. The van der Waals surface area contributed by atoms with E-state index in [0.717, 1.165) is 43.1 Å². The molecule has 11 heteroatoms. The van der Waals surface area contributed by atoms with Crippen molar-refractivity contribution in [2.45, 2.75) is 12.8 Å². The second-order valence-electron chi connectivity index (χ2n) is 8.24. The summed E-state index contributed by atoms with van der Waals surface area (Å²) in [6.07, 6.45) is 3.06. The van der Waals surface area contributed by atoms with E-state index in [0.29, 0.717) is 18.7 Å². The summed E-state index contributed by atoms with van der Waals surface area (Å²) in [5.41, 5.74) is 3.52. The van der Waals surface area contributed by atoms with Crippen LogP contribution in [0.2, 0.25) is 0 Å². The van der Waals surface area contributed by atoms with Crippen LogP contribution in [0.4, 0.5) is 23.0 Å². The smallest absolute Gasteiger partial charge is 0.293 e. The number of piperazine rings is 1. The summed E-state index contributed by atoms with van der Waals surface area (Å²) >= 11 is 0. The van der Waals surface area contributed by atoms with Gasteiger partial charge in [-0.3, -0.25) is 19.8 Å². The summed E-state index contributed by atoms with van der Waals surface area (Å²) in [5, 5.41) is 23.5. The Hall–Kier alpha value is -3.70. The van der Waals surface area contributed by atoms with Crippen molar-refractivity contribution < 1.29 is 9.90 Å². The fourth-order valence-electron chi connectivity index (χ4n) is 4.14. The minimum atomic E-state index is -1.01. The zero-order valence-corrected chi connectivity index (χ0v) is 18.4. The van der Waals surface area contributed by atoms with Gasteiger partial charge in [-0.2, -0.15) is 4.98 Å². The lowest BCUT2D eigenvalue weighted by Crippen LogP contribution is -2.44. The van der Waals surface area contributed by atoms with E-state index in [9.17, 15) is 9.90 Å². The normalized spacial score (nSPS) is 18.9. The van der Waals surface area contributed by atoms with Gasteiger partial charge in [0.2, 0.25) is 18.1 Å². The zero-order chi connectivity index (χ0) is 22.8. The lowest BCUT2D eigenvalue weighted by molar-refractivity contribution is 0.101. The number of H-pyrrole nitrogens is 1. The van der Waals surface area contributed by atoms with Gasteiger partial charge in [0.15, 0.2) is 0 Å². The Bertz CT molecular complexity index is 1130. The molecule has 2 aromatic heterocycles. The number of aromatic amines is 1. The Morgan fingerprint density at radius 3 is 2.82 bits per heavy atom. The molecule has 0 radical (unpaired) electrons. The first kappa shape index (κ1) is 21.2. The predicted octanol–water partition coefficient (Wildman–Crippen LogP) is 0.954. The number of carbonyl (C=O) groups is 1. The Labute approximate surface area is 191 Å². The van der Waals surface area contributed by atoms with E-state index in [1.165, 1.54) is 0 Å². The highest BCUT2D eigenvalue weighted by atomic mass is 16.3. The SMILES string of the molecule is CN1CCN(c2ccncc2NC(=O)c2nc(N3CCc4ccccc4NC3O)n[nH]2)CC1. The number of hydrogen-bond acceptors (Lipinski definition) is 9. The summed E-state index contributed by atoms with van der Waals surface area (Å²) in [4.78, 5) is 27.6. The molecule has 11 nitrogen and oxygen atoms in total. The van der Waals surface area contributed by atoms with E-state index in [2.05, 4.69) is 47.6 Å². The van der Waals surface area contributed by atoms with E-state index in [1.807, 2.05) is 30.3 Å². The third-order valence-corrected chi connectivity index (χ3v) is 6.06. The minimum Gasteiger partial charge on any atom is -0.367 e. The van der Waals surface area contributed by atoms with Gasteiger partial charge in [0.1, 0.15) is 0 Å². The lowest BCUT2D eigenvalue weighted by atomic mass is 10.1. The van der Waals surface area contributed by atoms with Crippen molar-refractivity contribution in [2.24, 2.45) is 0 Å². The van der Waals surface area contributed by atoms with Crippen LogP contribution in [0.25, 0.3) is 0 Å². The average molecular weight is 450 g/mol. The molecule has 2 aliphatic heterocycles. The number of likely N-dealkylation sites (N-methyl/N-ethyl adjacent to an activating group) is 1. The highest BCUT2D eigenvalue weighted by molar-refractivity contribution is 6.03. The maximum atomic E-state index is 12.9. The van der Waals surface area contributed by atoms with Gasteiger partial charge in [-0.05, 0) is 31.2 Å². The molecule has 0 saturated carbocycles. The number of nitrogens with one attached hydrogen (secondary N) is 3. The third kappa shape index (κ3) is 4.45. The van der Waals surface area contributed by atoms with Crippen molar-refractivity contribution in [1.82, 2.24) is 25.1 Å². The Kier molecular flexibility index (Phi) is 5.80. The molecule has 0 bridgehead atoms. The maximum Gasteiger partial charge on any atom is 0.293 e. The number of aliphatic hydroxyl groups is 1. The Morgan fingerprint density at radius 2 is 1.97 bits per heavy atom. The van der Waals surface area contributed by atoms with E-state index >= 15 is 0 Å². The molecule has 5 rings (SSSR count). The van der Waals surface area contributed by atoms with Crippen LogP contribution in [0.5, 0.6) is 0 Å². The fourth-order valence-corrected chi connectivity index (χ4v) is 4.14. The maximum absolute atomic E-state index is 12.9. The molecule has 1 fully saturated rings. The van der Waals surface area contributed by atoms with Gasteiger partial charge >= 0.3 is 0 Å². The number of nitrogens with zero attached hydrogens (tertiary/aromatic N) is 6. The minimum absolute atomic E-state index is 0.0622. The summed E-state index contributed by atoms with van der Waals surface area (Å²) < 4.78 is 0. The van der Waals surface area contributed by atoms with Crippen LogP contribution in [0, 0.1) is 0 Å². The lowest BCUT2D eigenvalue weighted by Gasteiger charge is -2.34. The van der Waals surface area contributed by atoms with Crippen LogP contribution in [0.1, 0.15) is 16.2 Å². The van der Waals surface area contributed by atoms with Gasteiger partial charge in [0.05, 0.1) is 17.6 Å². The molecule has 4 heterocycles. The first-order valence-electron chi connectivity index (χ1n) is 11.0. The molecule has 1 saturated heterocycles. The van der Waals surface area contributed by atoms with Crippen LogP contribution in [0.15, 0.2) is 42.7 Å². The molecule has 1 amide bonds. The molecule has 1 atom stereocenters. The molecule has 3 aromatic rings. The van der Waals surface area contributed by atoms with Gasteiger partial charge in [-0.1, -0.05) is 18.2 Å². The Balaban J connectivity index is 1.30. The monoisotopic (exact) mass is 449 g/mol. The van der Waals surface area contributed by atoms with Crippen molar-refractivity contribution in [2.75, 3.05) is 60.2 Å². The van der Waals surface area contributed by atoms with Gasteiger partial charge in [-0.25, -0.2) is 0 Å². The highest BCUT2D eigenvalue weighted by Gasteiger charge is 2.26. The molecular weight excluding hydrogens is 422 g/mol. The van der Waals surface area contributed by atoms with Gasteiger partial charge in [0.25, 0.3) is 5.91 Å². The number of fused-ring (bicyclic) bond motifs is 1. The van der Waals surface area contributed by atoms with Crippen LogP contribution in [0.3, 0.4) is 0 Å². The number of carbonyl (C=O) groups excluding carboxylic acids is 1. The van der Waals surface area contributed by atoms with Crippen LogP contribution >= 0.6 is 0 Å². The quantitative estimate of drug-likeness (QED) is 0.461. The summed E-state index contributed by atoms with van der Waals surface area (Å²) in [5.74, 6) is -0.108. The van der Waals surface area contributed by atoms with Gasteiger partial charge in [0, 0.05) is 44.6 Å². The number of rotatable bonds is 4. The summed E-state index contributed by atoms with van der Waals surface area (Å²) in [6, 6.07) is 9.72. The van der Waals surface area contributed by atoms with Crippen molar-refractivity contribution in [3.63, 3.8) is 0 Å². The number of benzene rings is 1. The fraction of sp³-hybridized carbons (Fsp3) is 0.364. The second-order valence-corrected chi connectivity index (χ2v) is 8.24. The van der Waals surface area contributed by atoms with Crippen LogP contribution < -0.4 is 20.4 Å². The average Bonchev–Trinajstić information content (AvgIpc) is 3.25. The number of aromatic nitrogens is 4. The number of anilines is 4. The zero-order valence-electron chi connectivity index (χ0n) is 18.4. The van der Waals surface area contributed by atoms with Crippen molar-refractivity contribution in [3.8, 4) is 0 Å². The van der Waals surface area contributed by atoms with Crippen molar-refractivity contribution >= 4 is 28.9 Å². The van der Waals surface area contributed by atoms with Crippen molar-refractivity contribution in [3.05, 3.63) is 54.1 Å². The van der Waals surface area contributed by atoms with Crippen LogP contribution in [-0.4, -0.2) is 82.2 Å². The molecule has 33 heavy (non-hydrogen) atoms. The standard InChI is InChI=1S/C22H27N9O2/c1-29-10-12-30(13-11-29)18-6-8-23-14-17(18)24-20(32)19-26-21(28-27-19)31-9-7-15-4-2-3-5-16(15)25-22(31)33/h2-6,8,14,22,25,33H,7,9-13H2,1H3,(H,24,32)(H,26,27,28). The molecule has 4 N–H and O–H groups in total. The number of amides is 1. The number of hydrogen-bond donors (Lipinski definition) is 4. The largest absolute Gasteiger partial charge is 0.367 e. The first-order valence-corrected chi connectivity index (χ1v) is 11.0. The molecular formula is C22H27N9O2. The summed E-state index contributed by atoms with van der Waals surface area (Å²) in [7, 11) is 2.10. The van der Waals surface area contributed by atoms with E-state index in [1.54, 1.807) is 17.3 Å². The van der Waals surface area contributed by atoms with E-state index in [4.69, 9.17) is 0 Å². The number of para-hydroxylation sites is 1. The molecule has 0 aliphatic carbocycles. The van der Waals surface area contributed by atoms with Crippen molar-refractivity contribution in [1.29, 1.82) is 0 Å². The molecule has 172 valence electrons. The molecule has 2 aliphatic rings. The summed E-state index contributed by atoms with van der Waals surface area (Å²) in [6.45, 7) is 4.16.